The van der Waals surface area contributed by atoms with E-state index < -0.39 is 12.1 Å². The predicted molar refractivity (Wildman–Crippen MR) is 82.7 cm³/mol. The molecule has 1 fully saturated rings. The SMILES string of the molecule is O=C(O)CCC(=O)N1CC[C@@H](O)[C@H](Cc2ccc(Cl)cc2)C1. The van der Waals surface area contributed by atoms with Crippen LogP contribution < -0.4 is 0 Å². The Hall–Kier alpha value is -1.59. The lowest BCUT2D eigenvalue weighted by Crippen LogP contribution is -2.46. The van der Waals surface area contributed by atoms with Gasteiger partial charge in [0.05, 0.1) is 12.5 Å². The second-order valence-corrected chi connectivity index (χ2v) is 6.12. The lowest BCUT2D eigenvalue weighted by Gasteiger charge is -2.36. The molecule has 22 heavy (non-hydrogen) atoms. The van der Waals surface area contributed by atoms with Crippen LogP contribution in [0.5, 0.6) is 0 Å². The van der Waals surface area contributed by atoms with E-state index in [1.807, 2.05) is 24.3 Å². The zero-order valence-corrected chi connectivity index (χ0v) is 13.0. The van der Waals surface area contributed by atoms with E-state index in [1.54, 1.807) is 4.90 Å². The first kappa shape index (κ1) is 16.8. The van der Waals surface area contributed by atoms with Gasteiger partial charge in [-0.2, -0.15) is 0 Å². The first-order valence-electron chi connectivity index (χ1n) is 7.38. The fraction of sp³-hybridized carbons (Fsp3) is 0.500. The van der Waals surface area contributed by atoms with E-state index >= 15 is 0 Å². The summed E-state index contributed by atoms with van der Waals surface area (Å²) in [6, 6.07) is 7.45. The molecule has 2 N–H and O–H groups in total. The average Bonchev–Trinajstić information content (AvgIpc) is 2.49. The zero-order chi connectivity index (χ0) is 16.1. The normalized spacial score (nSPS) is 21.6. The predicted octanol–water partition coefficient (Wildman–Crippen LogP) is 1.96. The molecule has 1 heterocycles. The molecule has 1 amide bonds. The average molecular weight is 326 g/mol. The number of hydrogen-bond donors (Lipinski definition) is 2. The lowest BCUT2D eigenvalue weighted by molar-refractivity contribution is -0.142. The van der Waals surface area contributed by atoms with Crippen LogP contribution in [-0.2, 0) is 16.0 Å². The molecule has 1 aliphatic heterocycles. The van der Waals surface area contributed by atoms with Crippen molar-refractivity contribution in [3.63, 3.8) is 0 Å². The highest BCUT2D eigenvalue weighted by atomic mass is 35.5. The molecule has 1 aromatic rings. The van der Waals surface area contributed by atoms with E-state index in [4.69, 9.17) is 16.7 Å². The summed E-state index contributed by atoms with van der Waals surface area (Å²) in [5, 5.41) is 19.5. The van der Waals surface area contributed by atoms with Crippen LogP contribution in [0.1, 0.15) is 24.8 Å². The van der Waals surface area contributed by atoms with Crippen LogP contribution in [-0.4, -0.2) is 46.2 Å². The smallest absolute Gasteiger partial charge is 0.303 e. The summed E-state index contributed by atoms with van der Waals surface area (Å²) in [6.45, 7) is 0.943. The van der Waals surface area contributed by atoms with Crippen LogP contribution >= 0.6 is 11.6 Å². The second kappa shape index (κ2) is 7.61. The van der Waals surface area contributed by atoms with Crippen LogP contribution in [0.2, 0.25) is 5.02 Å². The number of halogens is 1. The van der Waals surface area contributed by atoms with E-state index in [2.05, 4.69) is 0 Å². The van der Waals surface area contributed by atoms with Crippen molar-refractivity contribution in [2.45, 2.75) is 31.8 Å². The number of carboxylic acid groups (broad SMARTS) is 1. The highest BCUT2D eigenvalue weighted by Crippen LogP contribution is 2.23. The van der Waals surface area contributed by atoms with Gasteiger partial charge in [-0.05, 0) is 30.5 Å². The quantitative estimate of drug-likeness (QED) is 0.867. The minimum absolute atomic E-state index is 0.0130. The third-order valence-electron chi connectivity index (χ3n) is 4.01. The number of likely N-dealkylation sites (tertiary alicyclic amines) is 1. The molecule has 0 bridgehead atoms. The number of benzene rings is 1. The number of amides is 1. The largest absolute Gasteiger partial charge is 0.481 e. The van der Waals surface area contributed by atoms with Crippen molar-refractivity contribution in [3.05, 3.63) is 34.9 Å². The number of carboxylic acids is 1. The minimum Gasteiger partial charge on any atom is -0.481 e. The topological polar surface area (TPSA) is 77.8 Å². The first-order valence-corrected chi connectivity index (χ1v) is 7.75. The van der Waals surface area contributed by atoms with Crippen molar-refractivity contribution < 1.29 is 19.8 Å². The Balaban J connectivity index is 1.94. The monoisotopic (exact) mass is 325 g/mol. The van der Waals surface area contributed by atoms with Crippen molar-refractivity contribution >= 4 is 23.5 Å². The summed E-state index contributed by atoms with van der Waals surface area (Å²) < 4.78 is 0. The maximum absolute atomic E-state index is 12.0. The van der Waals surface area contributed by atoms with Gasteiger partial charge in [0.1, 0.15) is 0 Å². The standard InChI is InChI=1S/C16H20ClNO4/c17-13-3-1-11(2-4-13)9-12-10-18(8-7-14(12)19)15(20)5-6-16(21)22/h1-4,12,14,19H,5-10H2,(H,21,22)/t12-,14-/m1/s1. The van der Waals surface area contributed by atoms with E-state index in [-0.39, 0.29) is 24.7 Å². The number of hydrogen-bond acceptors (Lipinski definition) is 3. The molecule has 0 aromatic heterocycles. The Labute approximate surface area is 134 Å². The number of piperidine rings is 1. The molecule has 5 nitrogen and oxygen atoms in total. The molecule has 0 unspecified atom stereocenters. The van der Waals surface area contributed by atoms with Crippen molar-refractivity contribution in [1.29, 1.82) is 0 Å². The molecule has 2 rings (SSSR count). The zero-order valence-electron chi connectivity index (χ0n) is 12.2. The summed E-state index contributed by atoms with van der Waals surface area (Å²) >= 11 is 5.86. The Morgan fingerprint density at radius 3 is 2.55 bits per heavy atom. The third-order valence-corrected chi connectivity index (χ3v) is 4.26. The molecule has 0 aliphatic carbocycles. The van der Waals surface area contributed by atoms with E-state index in [9.17, 15) is 14.7 Å². The number of carbonyl (C=O) groups is 2. The Kier molecular flexibility index (Phi) is 5.80. The molecule has 0 spiro atoms. The molecule has 2 atom stereocenters. The molecule has 1 aromatic carbocycles. The maximum atomic E-state index is 12.0. The molecule has 0 saturated carbocycles. The molecule has 1 aliphatic rings. The van der Waals surface area contributed by atoms with E-state index in [0.29, 0.717) is 31.0 Å². The molecular formula is C16H20ClNO4. The first-order chi connectivity index (χ1) is 10.5. The third kappa shape index (κ3) is 4.71. The molecule has 120 valence electrons. The number of rotatable bonds is 5. The number of aliphatic hydroxyl groups is 1. The van der Waals surface area contributed by atoms with Gasteiger partial charge < -0.3 is 15.1 Å². The summed E-state index contributed by atoms with van der Waals surface area (Å²) in [7, 11) is 0. The fourth-order valence-corrected chi connectivity index (χ4v) is 2.87. The highest BCUT2D eigenvalue weighted by Gasteiger charge is 2.30. The van der Waals surface area contributed by atoms with Crippen molar-refractivity contribution in [1.82, 2.24) is 4.90 Å². The summed E-state index contributed by atoms with van der Waals surface area (Å²) in [5.41, 5.74) is 1.06. The lowest BCUT2D eigenvalue weighted by atomic mass is 9.88. The van der Waals surface area contributed by atoms with Gasteiger partial charge in [-0.25, -0.2) is 0 Å². The van der Waals surface area contributed by atoms with Gasteiger partial charge in [-0.15, -0.1) is 0 Å². The van der Waals surface area contributed by atoms with Gasteiger partial charge >= 0.3 is 5.97 Å². The Bertz CT molecular complexity index is 531. The molecular weight excluding hydrogens is 306 g/mol. The van der Waals surface area contributed by atoms with E-state index in [0.717, 1.165) is 5.56 Å². The van der Waals surface area contributed by atoms with Crippen LogP contribution in [0.25, 0.3) is 0 Å². The molecule has 6 heteroatoms. The van der Waals surface area contributed by atoms with Gasteiger partial charge in [0.15, 0.2) is 0 Å². The van der Waals surface area contributed by atoms with Crippen molar-refractivity contribution in [3.8, 4) is 0 Å². The van der Waals surface area contributed by atoms with E-state index in [1.165, 1.54) is 0 Å². The van der Waals surface area contributed by atoms with Gasteiger partial charge in [-0.3, -0.25) is 9.59 Å². The number of nitrogens with zero attached hydrogens (tertiary/aromatic N) is 1. The van der Waals surface area contributed by atoms with Crippen LogP contribution in [0.3, 0.4) is 0 Å². The Morgan fingerprint density at radius 2 is 1.91 bits per heavy atom. The summed E-state index contributed by atoms with van der Waals surface area (Å²) in [4.78, 5) is 24.2. The highest BCUT2D eigenvalue weighted by molar-refractivity contribution is 6.30. The number of aliphatic carboxylic acids is 1. The number of aliphatic hydroxyl groups excluding tert-OH is 1. The van der Waals surface area contributed by atoms with Gasteiger partial charge in [-0.1, -0.05) is 23.7 Å². The van der Waals surface area contributed by atoms with Crippen molar-refractivity contribution in [2.24, 2.45) is 5.92 Å². The van der Waals surface area contributed by atoms with Crippen molar-refractivity contribution in [2.75, 3.05) is 13.1 Å². The molecule has 0 radical (unpaired) electrons. The van der Waals surface area contributed by atoms with Gasteiger partial charge in [0, 0.05) is 30.5 Å². The second-order valence-electron chi connectivity index (χ2n) is 5.68. The fourth-order valence-electron chi connectivity index (χ4n) is 2.74. The minimum atomic E-state index is -0.969. The van der Waals surface area contributed by atoms with Crippen LogP contribution in [0, 0.1) is 5.92 Å². The summed E-state index contributed by atoms with van der Waals surface area (Å²) in [6.07, 6.45) is 0.607. The van der Waals surface area contributed by atoms with Crippen LogP contribution in [0.4, 0.5) is 0 Å². The number of carbonyl (C=O) groups excluding carboxylic acids is 1. The van der Waals surface area contributed by atoms with Crippen LogP contribution in [0.15, 0.2) is 24.3 Å². The molecule has 1 saturated heterocycles. The van der Waals surface area contributed by atoms with Gasteiger partial charge in [0.2, 0.25) is 5.91 Å². The van der Waals surface area contributed by atoms with Gasteiger partial charge in [0.25, 0.3) is 0 Å². The maximum Gasteiger partial charge on any atom is 0.303 e. The summed E-state index contributed by atoms with van der Waals surface area (Å²) in [5.74, 6) is -1.16. The Morgan fingerprint density at radius 1 is 1.23 bits per heavy atom.